The fourth-order valence-corrected chi connectivity index (χ4v) is 7.17. The van der Waals surface area contributed by atoms with E-state index in [1.807, 2.05) is 21.1 Å². The van der Waals surface area contributed by atoms with Crippen molar-refractivity contribution >= 4 is 17.9 Å². The Bertz CT molecular complexity index is 1260. The summed E-state index contributed by atoms with van der Waals surface area (Å²) in [7, 11) is 5.52. The maximum Gasteiger partial charge on any atom is 0.362 e. The van der Waals surface area contributed by atoms with E-state index in [2.05, 4.69) is 86.8 Å². The summed E-state index contributed by atoms with van der Waals surface area (Å²) >= 11 is 0. The SMILES string of the molecule is CC/C=C/C/C=C/C/C=C/C/C=C/C/C=C/CCCCCCCCC(=O)OC(COCCC(C(=O)O)[N+](C)(C)C)COC(=O)CCCCCCCCC/C=C/CCCCCCCC. The molecule has 0 saturated carbocycles. The molecule has 0 aliphatic carbocycles. The van der Waals surface area contributed by atoms with E-state index < -0.39 is 18.1 Å². The molecule has 0 aliphatic rings. The summed E-state index contributed by atoms with van der Waals surface area (Å²) in [6, 6.07) is -0.622. The first kappa shape index (κ1) is 59.8. The van der Waals surface area contributed by atoms with Crippen molar-refractivity contribution in [1.29, 1.82) is 0 Å². The van der Waals surface area contributed by atoms with E-state index in [4.69, 9.17) is 14.2 Å². The van der Waals surface area contributed by atoms with Gasteiger partial charge in [-0.15, -0.1) is 0 Å². The minimum absolute atomic E-state index is 0.0509. The van der Waals surface area contributed by atoms with E-state index in [0.29, 0.717) is 19.3 Å². The van der Waals surface area contributed by atoms with Gasteiger partial charge in [0, 0.05) is 19.3 Å². The number of likely N-dealkylation sites (N-methyl/N-ethyl adjacent to an activating group) is 1. The van der Waals surface area contributed by atoms with Gasteiger partial charge in [0.15, 0.2) is 12.1 Å². The molecule has 0 aromatic carbocycles. The van der Waals surface area contributed by atoms with Gasteiger partial charge in [-0.3, -0.25) is 9.59 Å². The van der Waals surface area contributed by atoms with E-state index in [9.17, 15) is 19.5 Å². The van der Waals surface area contributed by atoms with Crippen LogP contribution in [0.2, 0.25) is 0 Å². The molecule has 0 fully saturated rings. The number of quaternary nitrogens is 1. The molecule has 0 saturated heterocycles. The zero-order valence-corrected chi connectivity index (χ0v) is 41.3. The topological polar surface area (TPSA) is 99.1 Å². The number of hydrogen-bond donors (Lipinski definition) is 1. The van der Waals surface area contributed by atoms with E-state index in [1.165, 1.54) is 89.9 Å². The van der Waals surface area contributed by atoms with Gasteiger partial charge in [0.2, 0.25) is 0 Å². The lowest BCUT2D eigenvalue weighted by molar-refractivity contribution is -0.887. The van der Waals surface area contributed by atoms with Crippen molar-refractivity contribution in [3.8, 4) is 0 Å². The van der Waals surface area contributed by atoms with Gasteiger partial charge < -0.3 is 23.8 Å². The number of carboxylic acids is 1. The summed E-state index contributed by atoms with van der Waals surface area (Å²) in [5, 5.41) is 9.65. The van der Waals surface area contributed by atoms with Crippen LogP contribution in [0.5, 0.6) is 0 Å². The lowest BCUT2D eigenvalue weighted by atomic mass is 10.1. The molecule has 0 rings (SSSR count). The highest BCUT2D eigenvalue weighted by molar-refractivity contribution is 5.72. The summed E-state index contributed by atoms with van der Waals surface area (Å²) in [6.07, 6.45) is 58.0. The smallest absolute Gasteiger partial charge is 0.362 e. The van der Waals surface area contributed by atoms with Crippen molar-refractivity contribution in [1.82, 2.24) is 0 Å². The van der Waals surface area contributed by atoms with Crippen molar-refractivity contribution in [3.05, 3.63) is 72.9 Å². The second-order valence-electron chi connectivity index (χ2n) is 18.0. The Morgan fingerprint density at radius 1 is 0.492 bits per heavy atom. The van der Waals surface area contributed by atoms with Gasteiger partial charge >= 0.3 is 17.9 Å². The third-order valence-electron chi connectivity index (χ3n) is 11.1. The largest absolute Gasteiger partial charge is 0.477 e. The van der Waals surface area contributed by atoms with Gasteiger partial charge in [0.1, 0.15) is 6.61 Å². The number of carboxylic acid groups (broad SMARTS) is 1. The average molecular weight is 883 g/mol. The maximum atomic E-state index is 12.8. The second-order valence-corrected chi connectivity index (χ2v) is 18.0. The van der Waals surface area contributed by atoms with Crippen LogP contribution in [0.1, 0.15) is 206 Å². The molecule has 0 spiro atoms. The van der Waals surface area contributed by atoms with Crippen LogP contribution in [0.4, 0.5) is 0 Å². The Balaban J connectivity index is 4.31. The number of unbranched alkanes of at least 4 members (excludes halogenated alkanes) is 19. The van der Waals surface area contributed by atoms with Gasteiger partial charge in [-0.05, 0) is 83.5 Å². The van der Waals surface area contributed by atoms with Gasteiger partial charge in [0.05, 0.1) is 34.4 Å². The molecule has 362 valence electrons. The molecule has 8 heteroatoms. The monoisotopic (exact) mass is 883 g/mol. The lowest BCUT2D eigenvalue weighted by Gasteiger charge is -2.31. The zero-order chi connectivity index (χ0) is 46.3. The van der Waals surface area contributed by atoms with Crippen molar-refractivity contribution in [2.75, 3.05) is 41.0 Å². The van der Waals surface area contributed by atoms with Crippen LogP contribution in [-0.4, -0.2) is 80.6 Å². The minimum atomic E-state index is -0.880. The minimum Gasteiger partial charge on any atom is -0.477 e. The van der Waals surface area contributed by atoms with Crippen LogP contribution < -0.4 is 0 Å². The Hall–Kier alpha value is -3.23. The van der Waals surface area contributed by atoms with Crippen LogP contribution in [0.25, 0.3) is 0 Å². The fraction of sp³-hybridized carbons (Fsp3) is 0.727. The van der Waals surface area contributed by atoms with Crippen molar-refractivity contribution in [2.45, 2.75) is 219 Å². The number of nitrogens with zero attached hydrogens (tertiary/aromatic N) is 1. The van der Waals surface area contributed by atoms with Crippen LogP contribution in [-0.2, 0) is 28.6 Å². The summed E-state index contributed by atoms with van der Waals surface area (Å²) in [5.74, 6) is -1.49. The van der Waals surface area contributed by atoms with Gasteiger partial charge in [-0.25, -0.2) is 4.79 Å². The number of carbonyl (C=O) groups is 3. The lowest BCUT2D eigenvalue weighted by Crippen LogP contribution is -2.50. The van der Waals surface area contributed by atoms with E-state index in [-0.39, 0.29) is 36.2 Å². The molecule has 0 amide bonds. The van der Waals surface area contributed by atoms with E-state index in [0.717, 1.165) is 83.5 Å². The van der Waals surface area contributed by atoms with E-state index in [1.54, 1.807) is 0 Å². The number of hydrogen-bond acceptors (Lipinski definition) is 6. The first-order valence-corrected chi connectivity index (χ1v) is 25.5. The molecule has 0 aromatic rings. The van der Waals surface area contributed by atoms with Crippen LogP contribution in [0, 0.1) is 0 Å². The molecule has 63 heavy (non-hydrogen) atoms. The summed E-state index contributed by atoms with van der Waals surface area (Å²) in [5.41, 5.74) is 0. The van der Waals surface area contributed by atoms with Gasteiger partial charge in [-0.1, -0.05) is 177 Å². The highest BCUT2D eigenvalue weighted by Crippen LogP contribution is 2.14. The molecule has 0 aromatic heterocycles. The second kappa shape index (κ2) is 45.3. The highest BCUT2D eigenvalue weighted by atomic mass is 16.6. The Kier molecular flexibility index (Phi) is 43.0. The molecular weight excluding hydrogens is 787 g/mol. The molecule has 0 aliphatic heterocycles. The number of esters is 2. The number of allylic oxidation sites excluding steroid dienone is 12. The molecular formula is C55H96NO7+. The molecule has 2 atom stereocenters. The Morgan fingerprint density at radius 2 is 0.889 bits per heavy atom. The number of rotatable bonds is 45. The van der Waals surface area contributed by atoms with Crippen LogP contribution in [0.15, 0.2) is 72.9 Å². The average Bonchev–Trinajstić information content (AvgIpc) is 3.24. The summed E-state index contributed by atoms with van der Waals surface area (Å²) in [6.45, 7) is 4.61. The maximum absolute atomic E-state index is 12.8. The molecule has 2 unspecified atom stereocenters. The summed E-state index contributed by atoms with van der Waals surface area (Å²) in [4.78, 5) is 37.2. The van der Waals surface area contributed by atoms with Gasteiger partial charge in [0.25, 0.3) is 0 Å². The molecule has 1 N–H and O–H groups in total. The van der Waals surface area contributed by atoms with Crippen LogP contribution >= 0.6 is 0 Å². The molecule has 0 heterocycles. The van der Waals surface area contributed by atoms with Crippen molar-refractivity contribution in [2.24, 2.45) is 0 Å². The van der Waals surface area contributed by atoms with Gasteiger partial charge in [-0.2, -0.15) is 0 Å². The highest BCUT2D eigenvalue weighted by Gasteiger charge is 2.31. The quantitative estimate of drug-likeness (QED) is 0.0281. The third-order valence-corrected chi connectivity index (χ3v) is 11.1. The molecule has 8 nitrogen and oxygen atoms in total. The standard InChI is InChI=1S/C55H95NO7/c1-6-8-10-12-14-16-18-20-22-24-25-26-27-28-30-32-34-36-38-40-42-44-46-54(58)63-51(49-61-48-47-52(55(59)60)56(3,4)5)50-62-53(57)45-43-41-39-37-35-33-31-29-23-21-19-17-15-13-11-9-7-2/h8,10,14,16,20-23,25-26,28,30,51-52H,6-7,9,11-13,15,17-19,24,27,29,31-50H2,1-5H3/p+1/b10-8+,16-14+,22-20+,23-21+,26-25+,30-28+. The van der Waals surface area contributed by atoms with E-state index >= 15 is 0 Å². The molecule has 0 bridgehead atoms. The number of aliphatic carboxylic acids is 1. The fourth-order valence-electron chi connectivity index (χ4n) is 7.17. The number of carbonyl (C=O) groups excluding carboxylic acids is 2. The predicted molar refractivity (Wildman–Crippen MR) is 266 cm³/mol. The normalized spacial score (nSPS) is 13.5. The zero-order valence-electron chi connectivity index (χ0n) is 41.3. The first-order valence-electron chi connectivity index (χ1n) is 25.5. The first-order chi connectivity index (χ1) is 30.6. The Labute approximate surface area is 387 Å². The Morgan fingerprint density at radius 3 is 1.33 bits per heavy atom. The van der Waals surface area contributed by atoms with Crippen LogP contribution in [0.3, 0.4) is 0 Å². The van der Waals surface area contributed by atoms with Crippen molar-refractivity contribution < 1.29 is 38.2 Å². The molecule has 0 radical (unpaired) electrons. The van der Waals surface area contributed by atoms with Crippen molar-refractivity contribution in [3.63, 3.8) is 0 Å². The third kappa shape index (κ3) is 43.8. The summed E-state index contributed by atoms with van der Waals surface area (Å²) < 4.78 is 17.3. The number of ether oxygens (including phenoxy) is 3. The predicted octanol–water partition coefficient (Wildman–Crippen LogP) is 14.7.